The molecule has 0 spiro atoms. The lowest BCUT2D eigenvalue weighted by atomic mass is 10.2. The lowest BCUT2D eigenvalue weighted by Crippen LogP contribution is -2.15. The average Bonchev–Trinajstić information content (AvgIpc) is 3.06. The van der Waals surface area contributed by atoms with Crippen LogP contribution in [-0.2, 0) is 11.3 Å². The van der Waals surface area contributed by atoms with Gasteiger partial charge >= 0.3 is 0 Å². The van der Waals surface area contributed by atoms with Crippen LogP contribution in [-0.4, -0.2) is 45.6 Å². The monoisotopic (exact) mass is 444 g/mol. The van der Waals surface area contributed by atoms with Crippen molar-refractivity contribution in [3.8, 4) is 0 Å². The zero-order valence-electron chi connectivity index (χ0n) is 20.6. The minimum atomic E-state index is 0.764. The zero-order valence-corrected chi connectivity index (χ0v) is 21.4. The molecule has 172 valence electrons. The Hall–Kier alpha value is -1.89. The summed E-state index contributed by atoms with van der Waals surface area (Å²) in [6.07, 6.45) is 3.63. The van der Waals surface area contributed by atoms with Crippen LogP contribution in [0.1, 0.15) is 52.9 Å². The van der Waals surface area contributed by atoms with Gasteiger partial charge in [0.05, 0.1) is 18.3 Å². The standard InChI is InChI=1S/C19H24N4OS.C4H10.C2H6/c1-4-24-12-11-22(3)25-17-7-5-16(6-8-17)14-23-15(2)21-18-13-20-10-9-19(18)23;1-4(2)3;1-2/h5-10,13H,4,11-12,14H2,1-3H3;4H,1-3H3;1-2H3. The normalized spacial score (nSPS) is 10.6. The minimum Gasteiger partial charge on any atom is -0.380 e. The number of aromatic nitrogens is 3. The number of likely N-dealkylation sites (N-methyl/N-ethyl adjacent to an activating group) is 1. The molecule has 0 unspecified atom stereocenters. The van der Waals surface area contributed by atoms with Crippen molar-refractivity contribution in [1.82, 2.24) is 18.8 Å². The Kier molecular flexibility index (Phi) is 13.1. The number of imidazole rings is 1. The Balaban J connectivity index is 0.000000720. The second-order valence-corrected chi connectivity index (χ2v) is 8.90. The fraction of sp³-hybridized carbons (Fsp3) is 0.520. The molecule has 1 aromatic carbocycles. The van der Waals surface area contributed by atoms with Gasteiger partial charge in [0, 0.05) is 30.8 Å². The lowest BCUT2D eigenvalue weighted by molar-refractivity contribution is 0.140. The summed E-state index contributed by atoms with van der Waals surface area (Å²) in [5, 5.41) is 0. The molecular weight excluding hydrogens is 404 g/mol. The van der Waals surface area contributed by atoms with Crippen LogP contribution in [0.3, 0.4) is 0 Å². The van der Waals surface area contributed by atoms with Gasteiger partial charge in [0.25, 0.3) is 0 Å². The van der Waals surface area contributed by atoms with Crippen LogP contribution in [0.5, 0.6) is 0 Å². The van der Waals surface area contributed by atoms with Crippen LogP contribution in [0, 0.1) is 12.8 Å². The van der Waals surface area contributed by atoms with Gasteiger partial charge in [-0.05, 0) is 62.5 Å². The van der Waals surface area contributed by atoms with E-state index in [0.717, 1.165) is 49.1 Å². The van der Waals surface area contributed by atoms with Crippen LogP contribution >= 0.6 is 11.9 Å². The van der Waals surface area contributed by atoms with Gasteiger partial charge in [0.15, 0.2) is 0 Å². The Bertz CT molecular complexity index is 859. The molecule has 0 bridgehead atoms. The topological polar surface area (TPSA) is 43.2 Å². The highest BCUT2D eigenvalue weighted by molar-refractivity contribution is 7.97. The highest BCUT2D eigenvalue weighted by Crippen LogP contribution is 2.22. The molecule has 0 aliphatic rings. The molecule has 31 heavy (non-hydrogen) atoms. The summed E-state index contributed by atoms with van der Waals surface area (Å²) in [5.74, 6) is 1.84. The molecule has 3 aromatic rings. The molecule has 0 atom stereocenters. The zero-order chi connectivity index (χ0) is 23.2. The van der Waals surface area contributed by atoms with Crippen molar-refractivity contribution >= 4 is 23.0 Å². The van der Waals surface area contributed by atoms with Crippen LogP contribution in [0.2, 0.25) is 0 Å². The van der Waals surface area contributed by atoms with E-state index in [1.54, 1.807) is 11.9 Å². The second kappa shape index (κ2) is 15.0. The summed E-state index contributed by atoms with van der Waals surface area (Å²) < 4.78 is 9.83. The summed E-state index contributed by atoms with van der Waals surface area (Å²) in [5.41, 5.74) is 3.34. The number of aryl methyl sites for hydroxylation is 1. The number of hydrogen-bond donors (Lipinski definition) is 0. The van der Waals surface area contributed by atoms with E-state index in [-0.39, 0.29) is 0 Å². The molecule has 0 aliphatic heterocycles. The molecule has 0 saturated heterocycles. The van der Waals surface area contributed by atoms with Crippen molar-refractivity contribution in [1.29, 1.82) is 0 Å². The van der Waals surface area contributed by atoms with Crippen LogP contribution in [0.15, 0.2) is 47.6 Å². The molecule has 0 amide bonds. The van der Waals surface area contributed by atoms with Crippen molar-refractivity contribution in [2.45, 2.75) is 59.9 Å². The Morgan fingerprint density at radius 1 is 1.10 bits per heavy atom. The number of hydrogen-bond acceptors (Lipinski definition) is 5. The summed E-state index contributed by atoms with van der Waals surface area (Å²) >= 11 is 1.74. The Morgan fingerprint density at radius 3 is 2.35 bits per heavy atom. The first-order valence-corrected chi connectivity index (χ1v) is 12.0. The van der Waals surface area contributed by atoms with E-state index in [9.17, 15) is 0 Å². The first-order chi connectivity index (χ1) is 14.9. The number of ether oxygens (including phenoxy) is 1. The largest absolute Gasteiger partial charge is 0.380 e. The highest BCUT2D eigenvalue weighted by Gasteiger charge is 2.08. The number of fused-ring (bicyclic) bond motifs is 1. The molecule has 3 rings (SSSR count). The summed E-state index contributed by atoms with van der Waals surface area (Å²) in [6, 6.07) is 10.7. The fourth-order valence-corrected chi connectivity index (χ4v) is 3.49. The predicted molar refractivity (Wildman–Crippen MR) is 135 cm³/mol. The van der Waals surface area contributed by atoms with Gasteiger partial charge in [-0.15, -0.1) is 0 Å². The molecule has 0 radical (unpaired) electrons. The van der Waals surface area contributed by atoms with Crippen LogP contribution in [0.25, 0.3) is 11.0 Å². The molecule has 5 nitrogen and oxygen atoms in total. The summed E-state index contributed by atoms with van der Waals surface area (Å²) in [4.78, 5) is 9.96. The Labute approximate surface area is 193 Å². The van der Waals surface area contributed by atoms with E-state index >= 15 is 0 Å². The maximum atomic E-state index is 5.40. The fourth-order valence-electron chi connectivity index (χ4n) is 2.70. The molecule has 2 heterocycles. The molecule has 6 heteroatoms. The predicted octanol–water partition coefficient (Wildman–Crippen LogP) is 6.45. The van der Waals surface area contributed by atoms with Crippen molar-refractivity contribution in [3.05, 3.63) is 54.1 Å². The van der Waals surface area contributed by atoms with Gasteiger partial charge in [-0.3, -0.25) is 4.98 Å². The van der Waals surface area contributed by atoms with E-state index in [4.69, 9.17) is 4.74 Å². The molecule has 2 aromatic heterocycles. The van der Waals surface area contributed by atoms with E-state index in [0.29, 0.717) is 0 Å². The van der Waals surface area contributed by atoms with Crippen molar-refractivity contribution in [2.24, 2.45) is 5.92 Å². The maximum absolute atomic E-state index is 5.40. The third-order valence-electron chi connectivity index (χ3n) is 4.02. The smallest absolute Gasteiger partial charge is 0.107 e. The first kappa shape index (κ1) is 27.1. The van der Waals surface area contributed by atoms with Crippen molar-refractivity contribution in [3.63, 3.8) is 0 Å². The van der Waals surface area contributed by atoms with Gasteiger partial charge in [-0.25, -0.2) is 9.29 Å². The minimum absolute atomic E-state index is 0.764. The van der Waals surface area contributed by atoms with E-state index in [2.05, 4.69) is 70.9 Å². The summed E-state index contributed by atoms with van der Waals surface area (Å²) in [7, 11) is 2.09. The molecule has 0 fully saturated rings. The Morgan fingerprint density at radius 2 is 1.74 bits per heavy atom. The first-order valence-electron chi connectivity index (χ1n) is 11.2. The molecular formula is C25H40N4OS. The molecule has 0 N–H and O–H groups in total. The SMILES string of the molecule is CC.CC(C)C.CCOCCN(C)Sc1ccc(Cn2c(C)nc3cnccc32)cc1. The highest BCUT2D eigenvalue weighted by atomic mass is 32.2. The quantitative estimate of drug-likeness (QED) is 0.295. The number of pyridine rings is 1. The van der Waals surface area contributed by atoms with Crippen molar-refractivity contribution < 1.29 is 4.74 Å². The molecule has 0 aliphatic carbocycles. The van der Waals surface area contributed by atoms with Crippen molar-refractivity contribution in [2.75, 3.05) is 26.8 Å². The van der Waals surface area contributed by atoms with E-state index in [1.165, 1.54) is 10.5 Å². The third kappa shape index (κ3) is 9.85. The lowest BCUT2D eigenvalue weighted by Gasteiger charge is -2.15. The van der Waals surface area contributed by atoms with E-state index in [1.807, 2.05) is 46.2 Å². The number of rotatable bonds is 8. The number of benzene rings is 1. The van der Waals surface area contributed by atoms with Gasteiger partial charge in [0.1, 0.15) is 11.3 Å². The second-order valence-electron chi connectivity index (χ2n) is 7.63. The van der Waals surface area contributed by atoms with Crippen LogP contribution in [0.4, 0.5) is 0 Å². The molecule has 0 saturated carbocycles. The third-order valence-corrected chi connectivity index (χ3v) is 5.00. The number of nitrogens with zero attached hydrogens (tertiary/aromatic N) is 4. The summed E-state index contributed by atoms with van der Waals surface area (Å²) in [6.45, 7) is 17.8. The average molecular weight is 445 g/mol. The van der Waals surface area contributed by atoms with E-state index < -0.39 is 0 Å². The van der Waals surface area contributed by atoms with Crippen LogP contribution < -0.4 is 0 Å². The van der Waals surface area contributed by atoms with Gasteiger partial charge in [-0.2, -0.15) is 0 Å². The van der Waals surface area contributed by atoms with Gasteiger partial charge in [-0.1, -0.05) is 46.8 Å². The van der Waals surface area contributed by atoms with Gasteiger partial charge in [0.2, 0.25) is 0 Å². The van der Waals surface area contributed by atoms with Gasteiger partial charge < -0.3 is 9.30 Å². The maximum Gasteiger partial charge on any atom is 0.107 e.